The van der Waals surface area contributed by atoms with Gasteiger partial charge < -0.3 is 5.32 Å². The van der Waals surface area contributed by atoms with Gasteiger partial charge in [0.2, 0.25) is 12.4 Å². The maximum Gasteiger partial charge on any atom is 0.413 e. The number of hydrogen-bond donors (Lipinski definition) is 1. The quantitative estimate of drug-likeness (QED) is 0.752. The third kappa shape index (κ3) is 3.64. The van der Waals surface area contributed by atoms with Crippen LogP contribution >= 0.6 is 0 Å². The average Bonchev–Trinajstić information content (AvgIpc) is 2.63. The second-order valence-electron chi connectivity index (χ2n) is 4.98. The van der Waals surface area contributed by atoms with Gasteiger partial charge in [-0.05, 0) is 24.3 Å². The highest BCUT2D eigenvalue weighted by Crippen LogP contribution is 2.16. The Hall–Kier alpha value is -3.47. The van der Waals surface area contributed by atoms with E-state index in [-0.39, 0.29) is 11.5 Å². The fourth-order valence-corrected chi connectivity index (χ4v) is 2.14. The largest absolute Gasteiger partial charge is 0.413 e. The van der Waals surface area contributed by atoms with E-state index in [0.717, 1.165) is 0 Å². The summed E-state index contributed by atoms with van der Waals surface area (Å²) in [4.78, 5) is 29.9. The van der Waals surface area contributed by atoms with Gasteiger partial charge in [0.1, 0.15) is 0 Å². The van der Waals surface area contributed by atoms with Gasteiger partial charge in [0, 0.05) is 22.4 Å². The number of rotatable bonds is 4. The maximum atomic E-state index is 12.4. The molecule has 0 aliphatic rings. The number of carbonyl (C=O) groups is 2. The van der Waals surface area contributed by atoms with Crippen molar-refractivity contribution >= 4 is 17.6 Å². The minimum Gasteiger partial charge on any atom is -0.321 e. The van der Waals surface area contributed by atoms with Gasteiger partial charge in [-0.3, -0.25) is 4.79 Å². The number of nitrogens with one attached hydrogen (secondary N) is 1. The van der Waals surface area contributed by atoms with E-state index in [1.54, 1.807) is 73.1 Å². The van der Waals surface area contributed by atoms with Crippen LogP contribution in [0.25, 0.3) is 0 Å². The molecule has 0 saturated carbocycles. The van der Waals surface area contributed by atoms with Crippen LogP contribution in [-0.2, 0) is 0 Å². The summed E-state index contributed by atoms with van der Waals surface area (Å²) in [5.41, 5.74) is 1.18. The Morgan fingerprint density at radius 3 is 2.17 bits per heavy atom. The van der Waals surface area contributed by atoms with Crippen molar-refractivity contribution < 1.29 is 19.2 Å². The standard InChI is InChI=1S/C19H14N2O3/c22-18(15-9-3-1-4-10-15)20-17-12-6-5-11-16(17)19(23)24-21-13-7-2-8-14-21/h1-14H/p+1. The Labute approximate surface area is 139 Å². The van der Waals surface area contributed by atoms with Crippen LogP contribution in [0, 0.1) is 0 Å². The molecule has 0 fully saturated rings. The van der Waals surface area contributed by atoms with E-state index >= 15 is 0 Å². The molecule has 0 aliphatic carbocycles. The van der Waals surface area contributed by atoms with E-state index in [1.165, 1.54) is 4.73 Å². The predicted molar refractivity (Wildman–Crippen MR) is 88.4 cm³/mol. The van der Waals surface area contributed by atoms with E-state index in [9.17, 15) is 9.59 Å². The molecule has 1 amide bonds. The second-order valence-corrected chi connectivity index (χ2v) is 4.98. The van der Waals surface area contributed by atoms with Gasteiger partial charge in [-0.15, -0.1) is 0 Å². The Morgan fingerprint density at radius 1 is 0.792 bits per heavy atom. The number of amides is 1. The number of hydrogen-bond acceptors (Lipinski definition) is 3. The van der Waals surface area contributed by atoms with E-state index in [0.29, 0.717) is 11.3 Å². The zero-order valence-electron chi connectivity index (χ0n) is 12.8. The summed E-state index contributed by atoms with van der Waals surface area (Å²) in [6.45, 7) is 0. The van der Waals surface area contributed by atoms with Crippen LogP contribution in [-0.4, -0.2) is 11.9 Å². The van der Waals surface area contributed by atoms with Crippen LogP contribution in [0.3, 0.4) is 0 Å². The maximum absolute atomic E-state index is 12.4. The van der Waals surface area contributed by atoms with Crippen molar-refractivity contribution in [3.8, 4) is 0 Å². The highest BCUT2D eigenvalue weighted by molar-refractivity contribution is 6.07. The van der Waals surface area contributed by atoms with E-state index in [2.05, 4.69) is 5.32 Å². The molecule has 1 heterocycles. The molecule has 0 aliphatic heterocycles. The van der Waals surface area contributed by atoms with Crippen LogP contribution in [0.1, 0.15) is 20.7 Å². The highest BCUT2D eigenvalue weighted by atomic mass is 16.7. The molecule has 1 N–H and O–H groups in total. The molecule has 0 bridgehead atoms. The summed E-state index contributed by atoms with van der Waals surface area (Å²) in [5, 5.41) is 2.74. The Bertz CT molecular complexity index is 849. The number of pyridine rings is 1. The molecule has 0 spiro atoms. The lowest BCUT2D eigenvalue weighted by Crippen LogP contribution is -2.45. The summed E-state index contributed by atoms with van der Waals surface area (Å²) in [6.07, 6.45) is 3.23. The zero-order valence-corrected chi connectivity index (χ0v) is 12.8. The van der Waals surface area contributed by atoms with E-state index < -0.39 is 5.97 Å². The first-order chi connectivity index (χ1) is 11.7. The number of carbonyl (C=O) groups excluding carboxylic acids is 2. The second kappa shape index (κ2) is 7.19. The fourth-order valence-electron chi connectivity index (χ4n) is 2.14. The molecular weight excluding hydrogens is 304 g/mol. The van der Waals surface area contributed by atoms with Crippen molar-refractivity contribution in [3.05, 3.63) is 96.3 Å². The van der Waals surface area contributed by atoms with Crippen LogP contribution in [0.5, 0.6) is 0 Å². The molecule has 3 rings (SSSR count). The number of anilines is 1. The Balaban J connectivity index is 1.80. The molecule has 1 aromatic heterocycles. The number of para-hydroxylation sites is 1. The van der Waals surface area contributed by atoms with Gasteiger partial charge in [-0.25, -0.2) is 4.79 Å². The van der Waals surface area contributed by atoms with E-state index in [4.69, 9.17) is 4.84 Å². The van der Waals surface area contributed by atoms with Crippen molar-refractivity contribution in [2.75, 3.05) is 5.32 Å². The Kier molecular flexibility index (Phi) is 4.62. The van der Waals surface area contributed by atoms with Gasteiger partial charge in [-0.2, -0.15) is 4.84 Å². The van der Waals surface area contributed by atoms with Gasteiger partial charge in [-0.1, -0.05) is 36.4 Å². The van der Waals surface area contributed by atoms with Crippen molar-refractivity contribution in [2.45, 2.75) is 0 Å². The smallest absolute Gasteiger partial charge is 0.321 e. The summed E-state index contributed by atoms with van der Waals surface area (Å²) < 4.78 is 1.30. The lowest BCUT2D eigenvalue weighted by molar-refractivity contribution is -0.868. The number of nitrogens with zero attached hydrogens (tertiary/aromatic N) is 1. The summed E-state index contributed by atoms with van der Waals surface area (Å²) >= 11 is 0. The molecule has 0 radical (unpaired) electrons. The van der Waals surface area contributed by atoms with Crippen LogP contribution < -0.4 is 14.9 Å². The Morgan fingerprint density at radius 2 is 1.42 bits per heavy atom. The van der Waals surface area contributed by atoms with E-state index in [1.807, 2.05) is 12.1 Å². The van der Waals surface area contributed by atoms with Crippen LogP contribution in [0.15, 0.2) is 85.2 Å². The monoisotopic (exact) mass is 319 g/mol. The first kappa shape index (κ1) is 15.4. The molecule has 0 saturated heterocycles. The lowest BCUT2D eigenvalue weighted by atomic mass is 10.1. The molecule has 0 atom stereocenters. The van der Waals surface area contributed by atoms with Gasteiger partial charge in [0.25, 0.3) is 5.91 Å². The summed E-state index contributed by atoms with van der Waals surface area (Å²) in [6, 6.07) is 20.8. The van der Waals surface area contributed by atoms with Crippen molar-refractivity contribution in [3.63, 3.8) is 0 Å². The number of aromatic nitrogens is 1. The minimum atomic E-state index is -0.560. The van der Waals surface area contributed by atoms with Crippen LogP contribution in [0.4, 0.5) is 5.69 Å². The topological polar surface area (TPSA) is 59.3 Å². The third-order valence-electron chi connectivity index (χ3n) is 3.31. The highest BCUT2D eigenvalue weighted by Gasteiger charge is 2.19. The third-order valence-corrected chi connectivity index (χ3v) is 3.31. The molecule has 5 nitrogen and oxygen atoms in total. The molecule has 5 heteroatoms. The molecule has 24 heavy (non-hydrogen) atoms. The number of benzene rings is 2. The van der Waals surface area contributed by atoms with Gasteiger partial charge in [0.15, 0.2) is 0 Å². The average molecular weight is 319 g/mol. The van der Waals surface area contributed by atoms with Gasteiger partial charge in [0.05, 0.1) is 11.3 Å². The predicted octanol–water partition coefficient (Wildman–Crippen LogP) is 2.50. The van der Waals surface area contributed by atoms with Crippen molar-refractivity contribution in [1.82, 2.24) is 0 Å². The summed E-state index contributed by atoms with van der Waals surface area (Å²) in [7, 11) is 0. The normalized spacial score (nSPS) is 10.0. The van der Waals surface area contributed by atoms with Crippen molar-refractivity contribution in [1.29, 1.82) is 0 Å². The fraction of sp³-hybridized carbons (Fsp3) is 0. The lowest BCUT2D eigenvalue weighted by Gasteiger charge is -2.08. The molecular formula is C19H15N2O3+. The molecule has 2 aromatic carbocycles. The summed E-state index contributed by atoms with van der Waals surface area (Å²) in [5.74, 6) is -0.849. The van der Waals surface area contributed by atoms with Gasteiger partial charge >= 0.3 is 5.97 Å². The zero-order chi connectivity index (χ0) is 16.8. The molecule has 118 valence electrons. The molecule has 0 unspecified atom stereocenters. The molecule has 3 aromatic rings. The first-order valence-electron chi connectivity index (χ1n) is 7.38. The first-order valence-corrected chi connectivity index (χ1v) is 7.38. The van der Waals surface area contributed by atoms with Crippen molar-refractivity contribution in [2.24, 2.45) is 0 Å². The van der Waals surface area contributed by atoms with Crippen LogP contribution in [0.2, 0.25) is 0 Å². The SMILES string of the molecule is O=C(Nc1ccccc1C(=O)O[n+]1ccccc1)c1ccccc1. The minimum absolute atomic E-state index is 0.276.